The van der Waals surface area contributed by atoms with Gasteiger partial charge < -0.3 is 0 Å². The Hall–Kier alpha value is 0.110. The first kappa shape index (κ1) is 16.2. The van der Waals surface area contributed by atoms with Crippen LogP contribution in [0.3, 0.4) is 0 Å². The molecule has 18 heavy (non-hydrogen) atoms. The fourth-order valence-corrected chi connectivity index (χ4v) is 4.02. The van der Waals surface area contributed by atoms with E-state index < -0.39 is 0 Å². The lowest BCUT2D eigenvalue weighted by Gasteiger charge is -2.33. The predicted molar refractivity (Wildman–Crippen MR) is 84.4 cm³/mol. The summed E-state index contributed by atoms with van der Waals surface area (Å²) in [7, 11) is 0. The summed E-state index contributed by atoms with van der Waals surface area (Å²) in [6, 6.07) is 6.90. The smallest absolute Gasteiger partial charge is 0.123 e. The van der Waals surface area contributed by atoms with Crippen molar-refractivity contribution in [2.45, 2.75) is 39.0 Å². The van der Waals surface area contributed by atoms with Crippen molar-refractivity contribution < 1.29 is 4.39 Å². The molecule has 0 spiro atoms. The Morgan fingerprint density at radius 3 is 1.83 bits per heavy atom. The van der Waals surface area contributed by atoms with Crippen LogP contribution in [0.4, 0.5) is 4.39 Å². The Morgan fingerprint density at radius 2 is 1.44 bits per heavy atom. The highest BCUT2D eigenvalue weighted by Gasteiger charge is 2.31. The van der Waals surface area contributed by atoms with Crippen LogP contribution in [-0.2, 0) is 5.41 Å². The van der Waals surface area contributed by atoms with Gasteiger partial charge in [0, 0.05) is 16.1 Å². The number of hydrogen-bond acceptors (Lipinski definition) is 0. The standard InChI is InChI=1S/C15H21Br2F/c1-14(2,3)8-9-15(10-16,11-17)12-4-6-13(18)7-5-12/h4-7H,8-11H2,1-3H3. The van der Waals surface area contributed by atoms with Crippen LogP contribution in [0.1, 0.15) is 39.2 Å². The molecule has 0 saturated carbocycles. The normalized spacial score (nSPS) is 12.8. The largest absolute Gasteiger partial charge is 0.207 e. The van der Waals surface area contributed by atoms with Gasteiger partial charge >= 0.3 is 0 Å². The zero-order valence-corrected chi connectivity index (χ0v) is 14.4. The van der Waals surface area contributed by atoms with E-state index in [-0.39, 0.29) is 11.2 Å². The average Bonchev–Trinajstić information content (AvgIpc) is 2.32. The van der Waals surface area contributed by atoms with E-state index in [9.17, 15) is 4.39 Å². The van der Waals surface area contributed by atoms with E-state index in [0.29, 0.717) is 5.41 Å². The molecule has 0 N–H and O–H groups in total. The molecule has 0 saturated heterocycles. The summed E-state index contributed by atoms with van der Waals surface area (Å²) in [6.45, 7) is 6.76. The number of alkyl halides is 2. The SMILES string of the molecule is CC(C)(C)CCC(CBr)(CBr)c1ccc(F)cc1. The van der Waals surface area contributed by atoms with Gasteiger partial charge in [-0.3, -0.25) is 0 Å². The summed E-state index contributed by atoms with van der Waals surface area (Å²) in [5.74, 6) is -0.174. The Morgan fingerprint density at radius 1 is 0.944 bits per heavy atom. The summed E-state index contributed by atoms with van der Waals surface area (Å²) in [6.07, 6.45) is 2.22. The Labute approximate surface area is 127 Å². The molecule has 0 aliphatic rings. The van der Waals surface area contributed by atoms with Gasteiger partial charge in [0.15, 0.2) is 0 Å². The molecule has 0 unspecified atom stereocenters. The third kappa shape index (κ3) is 4.34. The second-order valence-electron chi connectivity index (χ2n) is 6.12. The fourth-order valence-electron chi connectivity index (χ4n) is 1.89. The molecule has 1 rings (SSSR count). The van der Waals surface area contributed by atoms with Gasteiger partial charge in [-0.15, -0.1) is 0 Å². The molecule has 1 aromatic rings. The Kier molecular flexibility index (Phi) is 5.85. The molecular formula is C15H21Br2F. The highest BCUT2D eigenvalue weighted by Crippen LogP contribution is 2.37. The lowest BCUT2D eigenvalue weighted by molar-refractivity contribution is 0.321. The van der Waals surface area contributed by atoms with Crippen molar-refractivity contribution in [3.8, 4) is 0 Å². The first-order valence-electron chi connectivity index (χ1n) is 6.21. The van der Waals surface area contributed by atoms with Gasteiger partial charge in [-0.1, -0.05) is 64.8 Å². The zero-order chi connectivity index (χ0) is 13.8. The van der Waals surface area contributed by atoms with Gasteiger partial charge in [0.1, 0.15) is 5.82 Å². The summed E-state index contributed by atoms with van der Waals surface area (Å²) in [5.41, 5.74) is 1.55. The van der Waals surface area contributed by atoms with Gasteiger partial charge in [-0.25, -0.2) is 4.39 Å². The molecule has 3 heteroatoms. The minimum atomic E-state index is -0.174. The van der Waals surface area contributed by atoms with Crippen LogP contribution in [0.5, 0.6) is 0 Å². The second kappa shape index (κ2) is 6.51. The molecule has 0 aliphatic carbocycles. The molecule has 0 fully saturated rings. The topological polar surface area (TPSA) is 0 Å². The first-order valence-corrected chi connectivity index (χ1v) is 8.45. The molecule has 0 aliphatic heterocycles. The van der Waals surface area contributed by atoms with Gasteiger partial charge in [-0.2, -0.15) is 0 Å². The minimum absolute atomic E-state index is 0.0426. The van der Waals surface area contributed by atoms with Crippen LogP contribution >= 0.6 is 31.9 Å². The van der Waals surface area contributed by atoms with Gasteiger partial charge in [0.25, 0.3) is 0 Å². The van der Waals surface area contributed by atoms with Crippen LogP contribution in [0.2, 0.25) is 0 Å². The molecule has 0 heterocycles. The molecule has 0 amide bonds. The van der Waals surface area contributed by atoms with Gasteiger partial charge in [0.2, 0.25) is 0 Å². The van der Waals surface area contributed by atoms with Crippen molar-refractivity contribution in [2.24, 2.45) is 5.41 Å². The maximum Gasteiger partial charge on any atom is 0.123 e. The van der Waals surface area contributed by atoms with Crippen molar-refractivity contribution in [1.29, 1.82) is 0 Å². The monoisotopic (exact) mass is 378 g/mol. The van der Waals surface area contributed by atoms with Crippen molar-refractivity contribution in [2.75, 3.05) is 10.7 Å². The minimum Gasteiger partial charge on any atom is -0.207 e. The molecule has 1 aromatic carbocycles. The first-order chi connectivity index (χ1) is 8.33. The van der Waals surface area contributed by atoms with Crippen LogP contribution in [0.15, 0.2) is 24.3 Å². The number of benzene rings is 1. The van der Waals surface area contributed by atoms with E-state index in [1.165, 1.54) is 5.56 Å². The lowest BCUT2D eigenvalue weighted by Crippen LogP contribution is -2.31. The highest BCUT2D eigenvalue weighted by molar-refractivity contribution is 9.09. The van der Waals surface area contributed by atoms with E-state index >= 15 is 0 Å². The van der Waals surface area contributed by atoms with E-state index in [4.69, 9.17) is 0 Å². The fraction of sp³-hybridized carbons (Fsp3) is 0.600. The number of hydrogen-bond donors (Lipinski definition) is 0. The summed E-state index contributed by atoms with van der Waals surface area (Å²) >= 11 is 7.26. The molecular weight excluding hydrogens is 359 g/mol. The van der Waals surface area contributed by atoms with Crippen LogP contribution < -0.4 is 0 Å². The third-order valence-electron chi connectivity index (χ3n) is 3.32. The predicted octanol–water partition coefficient (Wildman–Crippen LogP) is 5.68. The average molecular weight is 380 g/mol. The molecule has 0 aromatic heterocycles. The van der Waals surface area contributed by atoms with Crippen molar-refractivity contribution >= 4 is 31.9 Å². The molecule has 0 nitrogen and oxygen atoms in total. The molecule has 0 bridgehead atoms. The second-order valence-corrected chi connectivity index (χ2v) is 7.24. The third-order valence-corrected chi connectivity index (χ3v) is 5.47. The van der Waals surface area contributed by atoms with E-state index in [0.717, 1.165) is 23.5 Å². The number of halogens is 3. The summed E-state index contributed by atoms with van der Waals surface area (Å²) in [4.78, 5) is 0. The van der Waals surface area contributed by atoms with Crippen molar-refractivity contribution in [3.05, 3.63) is 35.6 Å². The van der Waals surface area contributed by atoms with Crippen molar-refractivity contribution in [3.63, 3.8) is 0 Å². The van der Waals surface area contributed by atoms with Crippen LogP contribution in [0, 0.1) is 11.2 Å². The van der Waals surface area contributed by atoms with Crippen molar-refractivity contribution in [1.82, 2.24) is 0 Å². The van der Waals surface area contributed by atoms with Gasteiger partial charge in [0.05, 0.1) is 0 Å². The number of rotatable bonds is 5. The van der Waals surface area contributed by atoms with Crippen LogP contribution in [-0.4, -0.2) is 10.7 Å². The summed E-state index contributed by atoms with van der Waals surface area (Å²) < 4.78 is 13.0. The molecule has 0 atom stereocenters. The van der Waals surface area contributed by atoms with Gasteiger partial charge in [-0.05, 0) is 36.0 Å². The summed E-state index contributed by atoms with van der Waals surface area (Å²) in [5, 5.41) is 1.76. The van der Waals surface area contributed by atoms with E-state index in [2.05, 4.69) is 52.6 Å². The molecule has 0 radical (unpaired) electrons. The lowest BCUT2D eigenvalue weighted by atomic mass is 9.76. The maximum absolute atomic E-state index is 13.0. The Bertz CT molecular complexity index is 361. The van der Waals surface area contributed by atoms with Crippen LogP contribution in [0.25, 0.3) is 0 Å². The zero-order valence-electron chi connectivity index (χ0n) is 11.3. The maximum atomic E-state index is 13.0. The quantitative estimate of drug-likeness (QED) is 0.577. The Balaban J connectivity index is 2.95. The van der Waals surface area contributed by atoms with E-state index in [1.54, 1.807) is 12.1 Å². The highest BCUT2D eigenvalue weighted by atomic mass is 79.9. The molecule has 102 valence electrons. The van der Waals surface area contributed by atoms with E-state index in [1.807, 2.05) is 12.1 Å².